The molecule has 114 valence electrons. The molecule has 4 heteroatoms. The van der Waals surface area contributed by atoms with Crippen LogP contribution in [0.3, 0.4) is 0 Å². The van der Waals surface area contributed by atoms with E-state index in [9.17, 15) is 4.79 Å². The van der Waals surface area contributed by atoms with Crippen LogP contribution in [0.15, 0.2) is 54.6 Å². The molecule has 1 N–H and O–H groups in total. The molecule has 0 atom stereocenters. The number of amides is 1. The summed E-state index contributed by atoms with van der Waals surface area (Å²) in [4.78, 5) is 14.1. The number of anilines is 1. The summed E-state index contributed by atoms with van der Waals surface area (Å²) in [6.07, 6.45) is 2.11. The average molecular weight is 296 g/mol. The van der Waals surface area contributed by atoms with E-state index in [4.69, 9.17) is 4.74 Å². The van der Waals surface area contributed by atoms with E-state index in [0.717, 1.165) is 18.7 Å². The summed E-state index contributed by atoms with van der Waals surface area (Å²) in [6.45, 7) is 2.74. The number of carbonyl (C=O) groups is 1. The summed E-state index contributed by atoms with van der Waals surface area (Å²) in [5.41, 5.74) is 2.32. The van der Waals surface area contributed by atoms with Crippen molar-refractivity contribution in [1.29, 1.82) is 0 Å². The lowest BCUT2D eigenvalue weighted by Gasteiger charge is -2.17. The minimum Gasteiger partial charge on any atom is -0.410 e. The maximum absolute atomic E-state index is 11.7. The van der Waals surface area contributed by atoms with Gasteiger partial charge in [0.05, 0.1) is 0 Å². The fourth-order valence-corrected chi connectivity index (χ4v) is 2.61. The summed E-state index contributed by atoms with van der Waals surface area (Å²) in [5, 5.41) is 2.76. The minimum atomic E-state index is -0.435. The Balaban J connectivity index is 1.49. The number of nitrogens with one attached hydrogen (secondary N) is 1. The molecule has 1 heterocycles. The molecular formula is C18H20N2O2. The molecule has 1 fully saturated rings. The third-order valence-electron chi connectivity index (χ3n) is 3.80. The van der Waals surface area contributed by atoms with Crippen molar-refractivity contribution < 1.29 is 9.53 Å². The van der Waals surface area contributed by atoms with Crippen LogP contribution in [-0.4, -0.2) is 19.2 Å². The van der Waals surface area contributed by atoms with Crippen molar-refractivity contribution in [3.8, 4) is 5.75 Å². The van der Waals surface area contributed by atoms with Crippen LogP contribution in [0, 0.1) is 0 Å². The van der Waals surface area contributed by atoms with Gasteiger partial charge in [-0.15, -0.1) is 0 Å². The zero-order chi connectivity index (χ0) is 15.2. The Morgan fingerprint density at radius 3 is 2.36 bits per heavy atom. The van der Waals surface area contributed by atoms with Gasteiger partial charge >= 0.3 is 6.09 Å². The molecule has 22 heavy (non-hydrogen) atoms. The molecule has 2 aromatic carbocycles. The number of ether oxygens (including phenoxy) is 1. The monoisotopic (exact) mass is 296 g/mol. The second-order valence-corrected chi connectivity index (χ2v) is 5.42. The molecule has 0 aliphatic carbocycles. The Morgan fingerprint density at radius 1 is 1.00 bits per heavy atom. The summed E-state index contributed by atoms with van der Waals surface area (Å²) >= 11 is 0. The summed E-state index contributed by atoms with van der Waals surface area (Å²) in [7, 11) is 0. The van der Waals surface area contributed by atoms with Crippen molar-refractivity contribution in [2.75, 3.05) is 18.0 Å². The third-order valence-corrected chi connectivity index (χ3v) is 3.80. The van der Waals surface area contributed by atoms with Crippen molar-refractivity contribution in [2.45, 2.75) is 19.4 Å². The molecule has 1 aliphatic heterocycles. The van der Waals surface area contributed by atoms with Crippen LogP contribution in [0.1, 0.15) is 18.4 Å². The highest BCUT2D eigenvalue weighted by molar-refractivity contribution is 5.70. The lowest BCUT2D eigenvalue weighted by atomic mass is 10.2. The fraction of sp³-hybridized carbons (Fsp3) is 0.278. The zero-order valence-corrected chi connectivity index (χ0v) is 12.5. The van der Waals surface area contributed by atoms with Crippen LogP contribution in [0.2, 0.25) is 0 Å². The first-order valence-corrected chi connectivity index (χ1v) is 7.66. The standard InChI is InChI=1S/C18H20N2O2/c21-18(22-17-6-2-1-3-7-17)19-14-15-8-10-16(11-9-15)20-12-4-5-13-20/h1-3,6-11H,4-5,12-14H2,(H,19,21). The minimum absolute atomic E-state index is 0.435. The van der Waals surface area contributed by atoms with Crippen LogP contribution in [0.5, 0.6) is 5.75 Å². The predicted molar refractivity (Wildman–Crippen MR) is 87.2 cm³/mol. The van der Waals surface area contributed by atoms with E-state index < -0.39 is 6.09 Å². The largest absolute Gasteiger partial charge is 0.412 e. The van der Waals surface area contributed by atoms with Gasteiger partial charge in [-0.2, -0.15) is 0 Å². The van der Waals surface area contributed by atoms with Crippen LogP contribution in [0.25, 0.3) is 0 Å². The van der Waals surface area contributed by atoms with E-state index in [2.05, 4.69) is 34.5 Å². The molecule has 1 aliphatic rings. The molecule has 3 rings (SSSR count). The molecule has 1 saturated heterocycles. The lowest BCUT2D eigenvalue weighted by molar-refractivity contribution is 0.200. The van der Waals surface area contributed by atoms with Crippen LogP contribution in [0.4, 0.5) is 10.5 Å². The number of hydrogen-bond donors (Lipinski definition) is 1. The summed E-state index contributed by atoms with van der Waals surface area (Å²) in [5.74, 6) is 0.546. The normalized spacial score (nSPS) is 13.9. The van der Waals surface area contributed by atoms with Gasteiger partial charge in [0.15, 0.2) is 0 Å². The van der Waals surface area contributed by atoms with Crippen molar-refractivity contribution in [2.24, 2.45) is 0 Å². The van der Waals surface area contributed by atoms with Crippen molar-refractivity contribution in [3.63, 3.8) is 0 Å². The first-order valence-electron chi connectivity index (χ1n) is 7.66. The molecule has 1 amide bonds. The van der Waals surface area contributed by atoms with E-state index in [0.29, 0.717) is 12.3 Å². The maximum atomic E-state index is 11.7. The smallest absolute Gasteiger partial charge is 0.410 e. The number of para-hydroxylation sites is 1. The number of nitrogens with zero attached hydrogens (tertiary/aromatic N) is 1. The average Bonchev–Trinajstić information content (AvgIpc) is 3.09. The molecule has 0 radical (unpaired) electrons. The Morgan fingerprint density at radius 2 is 1.68 bits per heavy atom. The topological polar surface area (TPSA) is 41.6 Å². The fourth-order valence-electron chi connectivity index (χ4n) is 2.61. The number of benzene rings is 2. The Labute approximate surface area is 130 Å². The Hall–Kier alpha value is -2.49. The molecule has 0 spiro atoms. The van der Waals surface area contributed by atoms with Gasteiger partial charge in [0.2, 0.25) is 0 Å². The van der Waals surface area contributed by atoms with E-state index in [1.165, 1.54) is 18.5 Å². The first-order chi connectivity index (χ1) is 10.8. The number of rotatable bonds is 4. The van der Waals surface area contributed by atoms with Gasteiger partial charge in [-0.1, -0.05) is 30.3 Å². The van der Waals surface area contributed by atoms with Gasteiger partial charge in [0.1, 0.15) is 5.75 Å². The molecular weight excluding hydrogens is 276 g/mol. The first kappa shape index (κ1) is 14.4. The van der Waals surface area contributed by atoms with Gasteiger partial charge < -0.3 is 15.0 Å². The van der Waals surface area contributed by atoms with Crippen molar-refractivity contribution in [3.05, 3.63) is 60.2 Å². The molecule has 0 unspecified atom stereocenters. The molecule has 2 aromatic rings. The van der Waals surface area contributed by atoms with E-state index >= 15 is 0 Å². The Bertz CT molecular complexity index is 605. The van der Waals surface area contributed by atoms with Gasteiger partial charge in [-0.25, -0.2) is 4.79 Å². The molecule has 0 bridgehead atoms. The highest BCUT2D eigenvalue weighted by Crippen LogP contribution is 2.20. The van der Waals surface area contributed by atoms with Crippen molar-refractivity contribution in [1.82, 2.24) is 5.32 Å². The second kappa shape index (κ2) is 6.98. The van der Waals surface area contributed by atoms with Gasteiger partial charge in [-0.3, -0.25) is 0 Å². The quantitative estimate of drug-likeness (QED) is 0.937. The van der Waals surface area contributed by atoms with E-state index in [1.54, 1.807) is 12.1 Å². The van der Waals surface area contributed by atoms with E-state index in [-0.39, 0.29) is 0 Å². The zero-order valence-electron chi connectivity index (χ0n) is 12.5. The SMILES string of the molecule is O=C(NCc1ccc(N2CCCC2)cc1)Oc1ccccc1. The summed E-state index contributed by atoms with van der Waals surface area (Å²) in [6, 6.07) is 17.4. The van der Waals surface area contributed by atoms with Crippen LogP contribution >= 0.6 is 0 Å². The van der Waals surface area contributed by atoms with Gasteiger partial charge in [0.25, 0.3) is 0 Å². The van der Waals surface area contributed by atoms with Gasteiger partial charge in [0, 0.05) is 25.3 Å². The molecule has 0 saturated carbocycles. The second-order valence-electron chi connectivity index (χ2n) is 5.42. The highest BCUT2D eigenvalue weighted by Gasteiger charge is 2.11. The number of hydrogen-bond acceptors (Lipinski definition) is 3. The highest BCUT2D eigenvalue weighted by atomic mass is 16.5. The number of carbonyl (C=O) groups excluding carboxylic acids is 1. The molecule has 4 nitrogen and oxygen atoms in total. The Kier molecular flexibility index (Phi) is 4.59. The summed E-state index contributed by atoms with van der Waals surface area (Å²) < 4.78 is 5.18. The lowest BCUT2D eigenvalue weighted by Crippen LogP contribution is -2.26. The molecule has 0 aromatic heterocycles. The van der Waals surface area contributed by atoms with E-state index in [1.807, 2.05) is 18.2 Å². The predicted octanol–water partition coefficient (Wildman–Crippen LogP) is 3.58. The van der Waals surface area contributed by atoms with Crippen LogP contribution < -0.4 is 15.0 Å². The maximum Gasteiger partial charge on any atom is 0.412 e. The third kappa shape index (κ3) is 3.79. The van der Waals surface area contributed by atoms with Crippen molar-refractivity contribution >= 4 is 11.8 Å². The van der Waals surface area contributed by atoms with Gasteiger partial charge in [-0.05, 0) is 42.7 Å². The van der Waals surface area contributed by atoms with Crippen LogP contribution in [-0.2, 0) is 6.54 Å².